The maximum Gasteiger partial charge on any atom is 0.136 e. The Labute approximate surface area is 106 Å². The Kier molecular flexibility index (Phi) is 4.00. The van der Waals surface area contributed by atoms with E-state index in [0.717, 1.165) is 17.7 Å². The lowest BCUT2D eigenvalue weighted by atomic mass is 10.1. The van der Waals surface area contributed by atoms with Gasteiger partial charge in [-0.05, 0) is 23.8 Å². The second-order valence-corrected chi connectivity index (χ2v) is 3.88. The van der Waals surface area contributed by atoms with E-state index in [0.29, 0.717) is 17.9 Å². The van der Waals surface area contributed by atoms with Crippen LogP contribution in [0.3, 0.4) is 0 Å². The molecule has 0 spiro atoms. The molecule has 0 atom stereocenters. The van der Waals surface area contributed by atoms with Crippen LogP contribution in [0.15, 0.2) is 41.2 Å². The van der Waals surface area contributed by atoms with Crippen LogP contribution in [0.4, 0.5) is 0 Å². The lowest BCUT2D eigenvalue weighted by Crippen LogP contribution is -2.12. The molecular formula is C14H14N2O2. The number of furan rings is 1. The highest BCUT2D eigenvalue weighted by Crippen LogP contribution is 2.18. The zero-order valence-electron chi connectivity index (χ0n) is 10.1. The molecule has 0 amide bonds. The lowest BCUT2D eigenvalue weighted by Gasteiger charge is -2.06. The number of hydrogen-bond donors (Lipinski definition) is 1. The Morgan fingerprint density at radius 2 is 2.11 bits per heavy atom. The summed E-state index contributed by atoms with van der Waals surface area (Å²) >= 11 is 0. The molecule has 1 N–H and O–H groups in total. The molecule has 2 aromatic rings. The zero-order chi connectivity index (χ0) is 12.8. The fraction of sp³-hybridized carbons (Fsp3) is 0.214. The normalized spacial score (nSPS) is 10.0. The van der Waals surface area contributed by atoms with Gasteiger partial charge >= 0.3 is 0 Å². The maximum atomic E-state index is 8.99. The fourth-order valence-corrected chi connectivity index (χ4v) is 1.70. The van der Waals surface area contributed by atoms with Crippen LogP contribution in [0.25, 0.3) is 0 Å². The SMILES string of the molecule is COc1ccc(CNCc2ccoc2)cc1C#N. The molecule has 0 saturated heterocycles. The average Bonchev–Trinajstić information content (AvgIpc) is 2.91. The Morgan fingerprint density at radius 1 is 1.28 bits per heavy atom. The number of hydrogen-bond acceptors (Lipinski definition) is 4. The van der Waals surface area contributed by atoms with E-state index in [-0.39, 0.29) is 0 Å². The smallest absolute Gasteiger partial charge is 0.136 e. The molecule has 1 aromatic heterocycles. The summed E-state index contributed by atoms with van der Waals surface area (Å²) in [6.07, 6.45) is 3.36. The Hall–Kier alpha value is -2.25. The van der Waals surface area contributed by atoms with Crippen LogP contribution in [0.5, 0.6) is 5.75 Å². The second kappa shape index (κ2) is 5.89. The first-order valence-electron chi connectivity index (χ1n) is 5.62. The number of benzene rings is 1. The van der Waals surface area contributed by atoms with Crippen molar-refractivity contribution in [1.82, 2.24) is 5.32 Å². The van der Waals surface area contributed by atoms with Gasteiger partial charge in [-0.1, -0.05) is 6.07 Å². The summed E-state index contributed by atoms with van der Waals surface area (Å²) in [5.74, 6) is 0.607. The molecule has 0 aliphatic carbocycles. The molecule has 1 aromatic carbocycles. The van der Waals surface area contributed by atoms with Gasteiger partial charge in [0.25, 0.3) is 0 Å². The molecule has 1 heterocycles. The maximum absolute atomic E-state index is 8.99. The van der Waals surface area contributed by atoms with Gasteiger partial charge in [-0.3, -0.25) is 0 Å². The number of nitrogens with one attached hydrogen (secondary N) is 1. The molecule has 92 valence electrons. The first-order chi connectivity index (χ1) is 8.83. The summed E-state index contributed by atoms with van der Waals surface area (Å²) in [6.45, 7) is 1.44. The first-order valence-corrected chi connectivity index (χ1v) is 5.62. The zero-order valence-corrected chi connectivity index (χ0v) is 10.1. The topological polar surface area (TPSA) is 58.2 Å². The predicted molar refractivity (Wildman–Crippen MR) is 67.0 cm³/mol. The summed E-state index contributed by atoms with van der Waals surface area (Å²) < 4.78 is 10.1. The van der Waals surface area contributed by atoms with E-state index in [4.69, 9.17) is 14.4 Å². The molecule has 2 rings (SSSR count). The van der Waals surface area contributed by atoms with Gasteiger partial charge in [-0.2, -0.15) is 5.26 Å². The van der Waals surface area contributed by atoms with E-state index in [1.54, 1.807) is 19.6 Å². The van der Waals surface area contributed by atoms with Gasteiger partial charge in [-0.15, -0.1) is 0 Å². The van der Waals surface area contributed by atoms with Crippen molar-refractivity contribution in [3.05, 3.63) is 53.5 Å². The van der Waals surface area contributed by atoms with Crippen LogP contribution < -0.4 is 10.1 Å². The van der Waals surface area contributed by atoms with E-state index in [2.05, 4.69) is 11.4 Å². The minimum Gasteiger partial charge on any atom is -0.495 e. The third-order valence-electron chi connectivity index (χ3n) is 2.62. The van der Waals surface area contributed by atoms with Crippen LogP contribution in [0.2, 0.25) is 0 Å². The molecule has 0 aliphatic rings. The van der Waals surface area contributed by atoms with Crippen LogP contribution in [0, 0.1) is 11.3 Å². The van der Waals surface area contributed by atoms with Gasteiger partial charge in [0.1, 0.15) is 11.8 Å². The van der Waals surface area contributed by atoms with Gasteiger partial charge in [0, 0.05) is 18.7 Å². The van der Waals surface area contributed by atoms with Gasteiger partial charge < -0.3 is 14.5 Å². The average molecular weight is 242 g/mol. The summed E-state index contributed by atoms with van der Waals surface area (Å²) in [6, 6.07) is 9.64. The quantitative estimate of drug-likeness (QED) is 0.875. The molecule has 0 fully saturated rings. The Morgan fingerprint density at radius 3 is 2.78 bits per heavy atom. The van der Waals surface area contributed by atoms with Crippen LogP contribution >= 0.6 is 0 Å². The highest BCUT2D eigenvalue weighted by atomic mass is 16.5. The van der Waals surface area contributed by atoms with Crippen LogP contribution in [-0.2, 0) is 13.1 Å². The number of nitrogens with zero attached hydrogens (tertiary/aromatic N) is 1. The van der Waals surface area contributed by atoms with E-state index in [1.807, 2.05) is 24.3 Å². The van der Waals surface area contributed by atoms with Gasteiger partial charge in [0.2, 0.25) is 0 Å². The van der Waals surface area contributed by atoms with Gasteiger partial charge in [0.15, 0.2) is 0 Å². The van der Waals surface area contributed by atoms with Crippen molar-refractivity contribution in [2.24, 2.45) is 0 Å². The van der Waals surface area contributed by atoms with Crippen LogP contribution in [0.1, 0.15) is 16.7 Å². The molecule has 0 bridgehead atoms. The second-order valence-electron chi connectivity index (χ2n) is 3.88. The molecule has 4 heteroatoms. The third-order valence-corrected chi connectivity index (χ3v) is 2.62. The monoisotopic (exact) mass is 242 g/mol. The van der Waals surface area contributed by atoms with Crippen molar-refractivity contribution < 1.29 is 9.15 Å². The Balaban J connectivity index is 1.96. The largest absolute Gasteiger partial charge is 0.495 e. The van der Waals surface area contributed by atoms with E-state index < -0.39 is 0 Å². The summed E-state index contributed by atoms with van der Waals surface area (Å²) in [5, 5.41) is 12.3. The van der Waals surface area contributed by atoms with Crippen molar-refractivity contribution in [2.75, 3.05) is 7.11 Å². The third kappa shape index (κ3) is 2.90. The Bertz CT molecular complexity index is 541. The summed E-state index contributed by atoms with van der Waals surface area (Å²) in [7, 11) is 1.56. The van der Waals surface area contributed by atoms with Crippen molar-refractivity contribution >= 4 is 0 Å². The highest BCUT2D eigenvalue weighted by molar-refractivity contribution is 5.45. The molecule has 4 nitrogen and oxygen atoms in total. The molecule has 0 radical (unpaired) electrons. The fourth-order valence-electron chi connectivity index (χ4n) is 1.70. The number of methoxy groups -OCH3 is 1. The first kappa shape index (κ1) is 12.2. The lowest BCUT2D eigenvalue weighted by molar-refractivity contribution is 0.413. The number of nitriles is 1. The predicted octanol–water partition coefficient (Wildman–Crippen LogP) is 2.45. The number of rotatable bonds is 5. The standard InChI is InChI=1S/C14H14N2O2/c1-17-14-3-2-11(6-13(14)7-15)8-16-9-12-4-5-18-10-12/h2-6,10,16H,8-9H2,1H3. The molecule has 18 heavy (non-hydrogen) atoms. The molecule has 0 aliphatic heterocycles. The van der Waals surface area contributed by atoms with Gasteiger partial charge in [0.05, 0.1) is 25.2 Å². The van der Waals surface area contributed by atoms with E-state index >= 15 is 0 Å². The van der Waals surface area contributed by atoms with Crippen molar-refractivity contribution in [1.29, 1.82) is 5.26 Å². The van der Waals surface area contributed by atoms with Crippen molar-refractivity contribution in [3.8, 4) is 11.8 Å². The van der Waals surface area contributed by atoms with Gasteiger partial charge in [-0.25, -0.2) is 0 Å². The minimum absolute atomic E-state index is 0.556. The summed E-state index contributed by atoms with van der Waals surface area (Å²) in [4.78, 5) is 0. The summed E-state index contributed by atoms with van der Waals surface area (Å²) in [5.41, 5.74) is 2.71. The number of ether oxygens (including phenoxy) is 1. The molecular weight excluding hydrogens is 228 g/mol. The van der Waals surface area contributed by atoms with E-state index in [9.17, 15) is 0 Å². The van der Waals surface area contributed by atoms with Crippen LogP contribution in [-0.4, -0.2) is 7.11 Å². The van der Waals surface area contributed by atoms with E-state index in [1.165, 1.54) is 0 Å². The van der Waals surface area contributed by atoms with Crippen molar-refractivity contribution in [3.63, 3.8) is 0 Å². The molecule has 0 saturated carbocycles. The highest BCUT2D eigenvalue weighted by Gasteiger charge is 2.03. The minimum atomic E-state index is 0.556. The molecule has 0 unspecified atom stereocenters. The van der Waals surface area contributed by atoms with Crippen molar-refractivity contribution in [2.45, 2.75) is 13.1 Å².